The van der Waals surface area contributed by atoms with E-state index < -0.39 is 21.7 Å². The first kappa shape index (κ1) is 17.6. The highest BCUT2D eigenvalue weighted by molar-refractivity contribution is 7.89. The maximum atomic E-state index is 13.2. The number of benzene rings is 1. The van der Waals surface area contributed by atoms with Gasteiger partial charge in [0.2, 0.25) is 10.0 Å². The van der Waals surface area contributed by atoms with Crippen molar-refractivity contribution in [3.63, 3.8) is 0 Å². The molecule has 25 heavy (non-hydrogen) atoms. The highest BCUT2D eigenvalue weighted by atomic mass is 32.2. The molecule has 1 fully saturated rings. The van der Waals surface area contributed by atoms with Gasteiger partial charge >= 0.3 is 0 Å². The molecular formula is C16H19FN4O3S. The molecule has 0 unspecified atom stereocenters. The number of nitrogens with zero attached hydrogens (tertiary/aromatic N) is 2. The third kappa shape index (κ3) is 3.42. The smallest absolute Gasteiger partial charge is 0.269 e. The van der Waals surface area contributed by atoms with Crippen LogP contribution in [0.1, 0.15) is 40.5 Å². The molecule has 0 saturated carbocycles. The van der Waals surface area contributed by atoms with Crippen LogP contribution in [0.25, 0.3) is 0 Å². The predicted octanol–water partition coefficient (Wildman–Crippen LogP) is 1.52. The van der Waals surface area contributed by atoms with Crippen LogP contribution in [0.5, 0.6) is 0 Å². The Morgan fingerprint density at radius 3 is 2.56 bits per heavy atom. The van der Waals surface area contributed by atoms with Crippen molar-refractivity contribution >= 4 is 15.9 Å². The Hall–Kier alpha value is -2.26. The molecule has 0 spiro atoms. The minimum absolute atomic E-state index is 0.0846. The average molecular weight is 366 g/mol. The lowest BCUT2D eigenvalue weighted by atomic mass is 9.94. The van der Waals surface area contributed by atoms with E-state index in [-0.39, 0.29) is 16.5 Å². The normalized spacial score (nSPS) is 16.9. The minimum Gasteiger partial charge on any atom is -0.364 e. The van der Waals surface area contributed by atoms with Crippen LogP contribution < -0.4 is 5.73 Å². The van der Waals surface area contributed by atoms with Crippen molar-refractivity contribution in [3.8, 4) is 0 Å². The molecule has 3 N–H and O–H groups in total. The van der Waals surface area contributed by atoms with Gasteiger partial charge in [0.1, 0.15) is 11.5 Å². The van der Waals surface area contributed by atoms with Gasteiger partial charge < -0.3 is 5.73 Å². The summed E-state index contributed by atoms with van der Waals surface area (Å²) in [4.78, 5) is 11.2. The van der Waals surface area contributed by atoms with Crippen molar-refractivity contribution in [1.29, 1.82) is 0 Å². The molecule has 1 aromatic carbocycles. The lowest BCUT2D eigenvalue weighted by Crippen LogP contribution is -2.38. The molecule has 1 saturated heterocycles. The minimum atomic E-state index is -3.66. The summed E-state index contributed by atoms with van der Waals surface area (Å²) >= 11 is 0. The summed E-state index contributed by atoms with van der Waals surface area (Å²) in [6.45, 7) is 2.27. The number of hydrogen-bond acceptors (Lipinski definition) is 4. The SMILES string of the molecule is Cc1cc(F)ccc1S(=O)(=O)N1CCC(c2cc(C(N)=O)n[nH]2)CC1. The summed E-state index contributed by atoms with van der Waals surface area (Å²) in [6, 6.07) is 5.29. The van der Waals surface area contributed by atoms with Gasteiger partial charge in [-0.25, -0.2) is 12.8 Å². The van der Waals surface area contributed by atoms with Gasteiger partial charge in [-0.05, 0) is 49.6 Å². The fourth-order valence-electron chi connectivity index (χ4n) is 3.12. The van der Waals surface area contributed by atoms with Crippen LogP contribution >= 0.6 is 0 Å². The number of primary amides is 1. The first-order valence-electron chi connectivity index (χ1n) is 7.90. The van der Waals surface area contributed by atoms with Gasteiger partial charge in [-0.3, -0.25) is 9.89 Å². The van der Waals surface area contributed by atoms with E-state index in [1.165, 1.54) is 16.4 Å². The number of hydrogen-bond donors (Lipinski definition) is 2. The first-order valence-corrected chi connectivity index (χ1v) is 9.34. The molecule has 0 atom stereocenters. The topological polar surface area (TPSA) is 109 Å². The van der Waals surface area contributed by atoms with Gasteiger partial charge in [-0.2, -0.15) is 9.40 Å². The van der Waals surface area contributed by atoms with Crippen LogP contribution in [0.2, 0.25) is 0 Å². The fourth-order valence-corrected chi connectivity index (χ4v) is 4.80. The monoisotopic (exact) mass is 366 g/mol. The number of piperidine rings is 1. The van der Waals surface area contributed by atoms with Gasteiger partial charge in [-0.1, -0.05) is 0 Å². The maximum Gasteiger partial charge on any atom is 0.269 e. The summed E-state index contributed by atoms with van der Waals surface area (Å²) in [6.07, 6.45) is 1.19. The van der Waals surface area contributed by atoms with E-state index in [4.69, 9.17) is 5.73 Å². The molecule has 3 rings (SSSR count). The Morgan fingerprint density at radius 1 is 1.32 bits per heavy atom. The van der Waals surface area contributed by atoms with Crippen LogP contribution in [-0.4, -0.2) is 41.9 Å². The lowest BCUT2D eigenvalue weighted by Gasteiger charge is -2.31. The summed E-state index contributed by atoms with van der Waals surface area (Å²) in [5.74, 6) is -0.977. The summed E-state index contributed by atoms with van der Waals surface area (Å²) in [7, 11) is -3.66. The first-order chi connectivity index (χ1) is 11.8. The van der Waals surface area contributed by atoms with Crippen molar-refractivity contribution in [2.75, 3.05) is 13.1 Å². The van der Waals surface area contributed by atoms with E-state index in [0.717, 1.165) is 11.8 Å². The standard InChI is InChI=1S/C16H19FN4O3S/c1-10-8-12(17)2-3-15(10)25(23,24)21-6-4-11(5-7-21)13-9-14(16(18)22)20-19-13/h2-3,8-9,11H,4-7H2,1H3,(H2,18,22)(H,19,20). The van der Waals surface area contributed by atoms with Crippen molar-refractivity contribution in [2.24, 2.45) is 5.73 Å². The number of aromatic nitrogens is 2. The Balaban J connectivity index is 1.73. The number of amides is 1. The third-order valence-electron chi connectivity index (χ3n) is 4.50. The van der Waals surface area contributed by atoms with Crippen LogP contribution in [0, 0.1) is 12.7 Å². The summed E-state index contributed by atoms with van der Waals surface area (Å²) in [5.41, 5.74) is 6.53. The summed E-state index contributed by atoms with van der Waals surface area (Å²) < 4.78 is 40.2. The Bertz CT molecular complexity index is 902. The molecular weight excluding hydrogens is 347 g/mol. The van der Waals surface area contributed by atoms with Crippen molar-refractivity contribution < 1.29 is 17.6 Å². The van der Waals surface area contributed by atoms with Gasteiger partial charge in [0.15, 0.2) is 0 Å². The highest BCUT2D eigenvalue weighted by Crippen LogP contribution is 2.30. The zero-order valence-corrected chi connectivity index (χ0v) is 14.5. The number of carbonyl (C=O) groups is 1. The maximum absolute atomic E-state index is 13.2. The van der Waals surface area contributed by atoms with Crippen molar-refractivity contribution in [1.82, 2.24) is 14.5 Å². The number of halogens is 1. The number of nitrogens with two attached hydrogens (primary N) is 1. The van der Waals surface area contributed by atoms with E-state index in [1.807, 2.05) is 0 Å². The number of rotatable bonds is 4. The van der Waals surface area contributed by atoms with Crippen LogP contribution in [0.4, 0.5) is 4.39 Å². The van der Waals surface area contributed by atoms with Crippen LogP contribution in [0.15, 0.2) is 29.2 Å². The molecule has 9 heteroatoms. The molecule has 0 aliphatic carbocycles. The number of nitrogens with one attached hydrogen (secondary N) is 1. The Labute approximate surface area is 145 Å². The second kappa shape index (κ2) is 6.57. The predicted molar refractivity (Wildman–Crippen MR) is 89.0 cm³/mol. The average Bonchev–Trinajstić information content (AvgIpc) is 3.05. The van der Waals surface area contributed by atoms with Crippen LogP contribution in [0.3, 0.4) is 0 Å². The number of sulfonamides is 1. The van der Waals surface area contributed by atoms with Gasteiger partial charge in [0.25, 0.3) is 5.91 Å². The fraction of sp³-hybridized carbons (Fsp3) is 0.375. The third-order valence-corrected chi connectivity index (χ3v) is 6.56. The molecule has 0 radical (unpaired) electrons. The molecule has 1 amide bonds. The Morgan fingerprint density at radius 2 is 2.00 bits per heavy atom. The zero-order chi connectivity index (χ0) is 18.2. The second-order valence-corrected chi connectivity index (χ2v) is 8.07. The van der Waals surface area contributed by atoms with Crippen LogP contribution in [-0.2, 0) is 10.0 Å². The van der Waals surface area contributed by atoms with E-state index in [0.29, 0.717) is 31.5 Å². The van der Waals surface area contributed by atoms with E-state index in [1.54, 1.807) is 13.0 Å². The van der Waals surface area contributed by atoms with Crippen molar-refractivity contribution in [3.05, 3.63) is 47.0 Å². The molecule has 1 aliphatic rings. The summed E-state index contributed by atoms with van der Waals surface area (Å²) in [5, 5.41) is 6.66. The highest BCUT2D eigenvalue weighted by Gasteiger charge is 2.31. The number of aromatic amines is 1. The second-order valence-electron chi connectivity index (χ2n) is 6.16. The largest absolute Gasteiger partial charge is 0.364 e. The number of carbonyl (C=O) groups excluding carboxylic acids is 1. The molecule has 7 nitrogen and oxygen atoms in total. The quantitative estimate of drug-likeness (QED) is 0.855. The molecule has 0 bridgehead atoms. The lowest BCUT2D eigenvalue weighted by molar-refractivity contribution is 0.0995. The van der Waals surface area contributed by atoms with E-state index in [9.17, 15) is 17.6 Å². The molecule has 1 aliphatic heterocycles. The van der Waals surface area contributed by atoms with Gasteiger partial charge in [-0.15, -0.1) is 0 Å². The number of H-pyrrole nitrogens is 1. The molecule has 2 heterocycles. The molecule has 134 valence electrons. The van der Waals surface area contributed by atoms with Gasteiger partial charge in [0.05, 0.1) is 4.90 Å². The zero-order valence-electron chi connectivity index (χ0n) is 13.7. The molecule has 1 aromatic heterocycles. The Kier molecular flexibility index (Phi) is 4.61. The van der Waals surface area contributed by atoms with E-state index in [2.05, 4.69) is 10.2 Å². The van der Waals surface area contributed by atoms with Crippen molar-refractivity contribution in [2.45, 2.75) is 30.6 Å². The van der Waals surface area contributed by atoms with E-state index >= 15 is 0 Å². The number of aryl methyl sites for hydroxylation is 1. The van der Waals surface area contributed by atoms with Gasteiger partial charge in [0, 0.05) is 24.7 Å². The molecule has 2 aromatic rings.